The second kappa shape index (κ2) is 3.20. The standard InChI is InChI=1S/BF4.Ce/c2-1(3,4)5;/q-1;. The van der Waals surface area contributed by atoms with Crippen molar-refractivity contribution in [2.45, 2.75) is 0 Å². The van der Waals surface area contributed by atoms with Crippen LogP contribution in [0.15, 0.2) is 0 Å². The van der Waals surface area contributed by atoms with Gasteiger partial charge in [0, 0.05) is 41.7 Å². The van der Waals surface area contributed by atoms with E-state index in [1.807, 2.05) is 0 Å². The molecule has 0 N–H and O–H groups in total. The number of hydrogen-bond donors (Lipinski definition) is 0. The molecule has 0 amide bonds. The molecule has 0 aromatic heterocycles. The Morgan fingerprint density at radius 1 is 0.833 bits per heavy atom. The molecule has 0 saturated carbocycles. The number of halogens is 4. The Bertz CT molecular complexity index is 23.0. The SMILES string of the molecule is F[B-](F)(F)F.[Ce]. The van der Waals surface area contributed by atoms with Gasteiger partial charge in [0.15, 0.2) is 0 Å². The first-order valence-corrected chi connectivity index (χ1v) is 0.873. The molecular weight excluding hydrogens is 227 g/mol. The Labute approximate surface area is 65.8 Å². The van der Waals surface area contributed by atoms with E-state index in [0.29, 0.717) is 0 Å². The van der Waals surface area contributed by atoms with Crippen molar-refractivity contribution in [3.05, 3.63) is 0 Å². The molecule has 6 heteroatoms. The van der Waals surface area contributed by atoms with E-state index in [4.69, 9.17) is 0 Å². The van der Waals surface area contributed by atoms with Crippen LogP contribution in [-0.2, 0) is 0 Å². The summed E-state index contributed by atoms with van der Waals surface area (Å²) in [6.07, 6.45) is 0. The molecule has 36 valence electrons. The fourth-order valence-electron chi connectivity index (χ4n) is 0. The van der Waals surface area contributed by atoms with E-state index in [0.717, 1.165) is 0 Å². The summed E-state index contributed by atoms with van der Waals surface area (Å²) < 4.78 is 39.0. The van der Waals surface area contributed by atoms with Gasteiger partial charge in [-0.1, -0.05) is 0 Å². The fourth-order valence-corrected chi connectivity index (χ4v) is 0. The predicted molar refractivity (Wildman–Crippen MR) is 10.2 cm³/mol. The van der Waals surface area contributed by atoms with Gasteiger partial charge in [-0.3, -0.25) is 0 Å². The molecule has 0 aliphatic heterocycles. The summed E-state index contributed by atoms with van der Waals surface area (Å²) in [4.78, 5) is 0. The smallest absolute Gasteiger partial charge is 0.418 e. The zero-order valence-electron chi connectivity index (χ0n) is 2.59. The minimum absolute atomic E-state index is 0. The minimum atomic E-state index is -6.00. The van der Waals surface area contributed by atoms with Crippen LogP contribution in [0.1, 0.15) is 0 Å². The van der Waals surface area contributed by atoms with E-state index >= 15 is 0 Å². The molecule has 0 unspecified atom stereocenters. The van der Waals surface area contributed by atoms with E-state index in [2.05, 4.69) is 0 Å². The van der Waals surface area contributed by atoms with Gasteiger partial charge in [0.1, 0.15) is 0 Å². The first-order chi connectivity index (χ1) is 2.00. The Balaban J connectivity index is 0. The van der Waals surface area contributed by atoms with E-state index in [1.165, 1.54) is 0 Å². The topological polar surface area (TPSA) is 0 Å². The molecule has 0 saturated heterocycles. The molecular formula is BCeF4-. The Morgan fingerprint density at radius 3 is 0.833 bits per heavy atom. The molecule has 0 rings (SSSR count). The first kappa shape index (κ1) is 10.2. The molecule has 0 radical (unpaired) electrons. The van der Waals surface area contributed by atoms with Gasteiger partial charge in [0.25, 0.3) is 0 Å². The van der Waals surface area contributed by atoms with Gasteiger partial charge in [0.05, 0.1) is 0 Å². The molecule has 0 aliphatic rings. The van der Waals surface area contributed by atoms with Crippen molar-refractivity contribution in [3.63, 3.8) is 0 Å². The average Bonchev–Trinajstić information content (AvgIpc) is 0.722. The van der Waals surface area contributed by atoms with Crippen molar-refractivity contribution in [3.8, 4) is 0 Å². The van der Waals surface area contributed by atoms with Gasteiger partial charge in [-0.05, 0) is 0 Å². The maximum Gasteiger partial charge on any atom is 0.673 e. The van der Waals surface area contributed by atoms with Crippen molar-refractivity contribution in [2.75, 3.05) is 0 Å². The molecule has 6 heavy (non-hydrogen) atoms. The second-order valence-electron chi connectivity index (χ2n) is 0.495. The quantitative estimate of drug-likeness (QED) is 0.432. The van der Waals surface area contributed by atoms with Crippen molar-refractivity contribution in [2.24, 2.45) is 0 Å². The molecule has 0 aliphatic carbocycles. The Kier molecular flexibility index (Phi) is 5.44. The zero-order chi connectivity index (χ0) is 4.50. The largest absolute Gasteiger partial charge is 0.673 e. The van der Waals surface area contributed by atoms with E-state index < -0.39 is 7.25 Å². The molecule has 0 bridgehead atoms. The van der Waals surface area contributed by atoms with Crippen LogP contribution in [-0.4, -0.2) is 7.25 Å². The summed E-state index contributed by atoms with van der Waals surface area (Å²) in [6.45, 7) is 0. The van der Waals surface area contributed by atoms with Gasteiger partial charge in [-0.2, -0.15) is 0 Å². The van der Waals surface area contributed by atoms with E-state index in [-0.39, 0.29) is 41.7 Å². The van der Waals surface area contributed by atoms with Gasteiger partial charge in [0.2, 0.25) is 0 Å². The summed E-state index contributed by atoms with van der Waals surface area (Å²) in [5.74, 6) is 0. The van der Waals surface area contributed by atoms with Crippen molar-refractivity contribution >= 4 is 7.25 Å². The average molecular weight is 227 g/mol. The predicted octanol–water partition coefficient (Wildman–Crippen LogP) is 1.30. The summed E-state index contributed by atoms with van der Waals surface area (Å²) in [6, 6.07) is 0. The summed E-state index contributed by atoms with van der Waals surface area (Å²) >= 11 is 0. The van der Waals surface area contributed by atoms with E-state index in [9.17, 15) is 17.3 Å². The number of hydrogen-bond acceptors (Lipinski definition) is 0. The van der Waals surface area contributed by atoms with Crippen LogP contribution in [0.3, 0.4) is 0 Å². The molecule has 0 nitrogen and oxygen atoms in total. The van der Waals surface area contributed by atoms with Crippen LogP contribution >= 0.6 is 0 Å². The first-order valence-electron chi connectivity index (χ1n) is 0.873. The van der Waals surface area contributed by atoms with Crippen LogP contribution in [0, 0.1) is 41.7 Å². The third kappa shape index (κ3) is 66.3. The molecule has 0 aromatic carbocycles. The maximum absolute atomic E-state index is 9.75. The van der Waals surface area contributed by atoms with Crippen LogP contribution in [0.25, 0.3) is 0 Å². The molecule has 0 spiro atoms. The Hall–Kier alpha value is 1.16. The summed E-state index contributed by atoms with van der Waals surface area (Å²) in [7, 11) is -6.00. The molecule has 0 heterocycles. The van der Waals surface area contributed by atoms with Crippen LogP contribution in [0.4, 0.5) is 17.3 Å². The van der Waals surface area contributed by atoms with Crippen LogP contribution in [0.5, 0.6) is 0 Å². The normalized spacial score (nSPS) is 10.0. The van der Waals surface area contributed by atoms with Crippen LogP contribution in [0.2, 0.25) is 0 Å². The maximum atomic E-state index is 9.75. The monoisotopic (exact) mass is 227 g/mol. The molecule has 0 atom stereocenters. The van der Waals surface area contributed by atoms with Crippen molar-refractivity contribution in [1.29, 1.82) is 0 Å². The molecule has 0 fully saturated rings. The van der Waals surface area contributed by atoms with Gasteiger partial charge < -0.3 is 17.3 Å². The van der Waals surface area contributed by atoms with Gasteiger partial charge in [-0.25, -0.2) is 0 Å². The van der Waals surface area contributed by atoms with Gasteiger partial charge >= 0.3 is 7.25 Å². The minimum Gasteiger partial charge on any atom is -0.418 e. The molecule has 0 aromatic rings. The van der Waals surface area contributed by atoms with Crippen LogP contribution < -0.4 is 0 Å². The third-order valence-corrected chi connectivity index (χ3v) is 0. The van der Waals surface area contributed by atoms with Crippen molar-refractivity contribution in [1.82, 2.24) is 0 Å². The number of rotatable bonds is 0. The summed E-state index contributed by atoms with van der Waals surface area (Å²) in [5, 5.41) is 0. The third-order valence-electron chi connectivity index (χ3n) is 0. The summed E-state index contributed by atoms with van der Waals surface area (Å²) in [5.41, 5.74) is 0. The second-order valence-corrected chi connectivity index (χ2v) is 0.495. The van der Waals surface area contributed by atoms with E-state index in [1.54, 1.807) is 0 Å². The van der Waals surface area contributed by atoms with Crippen molar-refractivity contribution < 1.29 is 59.0 Å². The zero-order valence-corrected chi connectivity index (χ0v) is 5.73. The van der Waals surface area contributed by atoms with Gasteiger partial charge in [-0.15, -0.1) is 0 Å². The Morgan fingerprint density at radius 2 is 0.833 bits per heavy atom. The fraction of sp³-hybridized carbons (Fsp3) is 0.